The molecule has 2 fully saturated rings. The Hall–Kier alpha value is -3.99. The number of hydrogen-bond acceptors (Lipinski definition) is 7. The molecule has 0 aliphatic carbocycles. The Labute approximate surface area is 263 Å². The molecule has 244 valence electrons. The topological polar surface area (TPSA) is 132 Å². The van der Waals surface area contributed by atoms with E-state index in [-0.39, 0.29) is 48.9 Å². The van der Waals surface area contributed by atoms with Gasteiger partial charge in [0.2, 0.25) is 11.8 Å². The molecule has 0 spiro atoms. The third-order valence-corrected chi connectivity index (χ3v) is 8.05. The van der Waals surface area contributed by atoms with Gasteiger partial charge in [0, 0.05) is 19.1 Å². The standard InChI is InChI=1S/C34H44FN3O7/c1-22(2)17-29(31(39)36-27(20-28-9-6-15-43-28)19-25-14-16-44-33(25)41)37-32(40)30(18-23-10-12-26(35)13-11-23)38-34(42)45-21-24-7-4-3-5-8-24/h3-5,7-8,10-13,22,25,27-30H,6,9,14-21H2,1-2H3,(H,36,39)(H,37,40)(H,38,42)/t25-,27+,28-,29-,30-/m0/s1. The molecule has 5 atom stereocenters. The van der Waals surface area contributed by atoms with Gasteiger partial charge >= 0.3 is 12.1 Å². The van der Waals surface area contributed by atoms with Gasteiger partial charge in [-0.1, -0.05) is 56.3 Å². The number of amides is 3. The van der Waals surface area contributed by atoms with Gasteiger partial charge in [0.15, 0.2) is 0 Å². The first kappa shape index (κ1) is 33.9. The largest absolute Gasteiger partial charge is 0.465 e. The fourth-order valence-electron chi connectivity index (χ4n) is 5.71. The summed E-state index contributed by atoms with van der Waals surface area (Å²) >= 11 is 0. The molecule has 0 saturated carbocycles. The third-order valence-electron chi connectivity index (χ3n) is 8.05. The highest BCUT2D eigenvalue weighted by Crippen LogP contribution is 2.25. The van der Waals surface area contributed by atoms with Crippen LogP contribution in [-0.2, 0) is 41.6 Å². The van der Waals surface area contributed by atoms with Gasteiger partial charge in [0.25, 0.3) is 0 Å². The second kappa shape index (κ2) is 16.9. The first-order chi connectivity index (χ1) is 21.7. The Morgan fingerprint density at radius 3 is 2.27 bits per heavy atom. The van der Waals surface area contributed by atoms with Crippen LogP contribution < -0.4 is 16.0 Å². The lowest BCUT2D eigenvalue weighted by molar-refractivity contribution is -0.141. The predicted octanol–water partition coefficient (Wildman–Crippen LogP) is 4.20. The molecule has 2 aromatic rings. The number of hydrogen-bond donors (Lipinski definition) is 3. The molecule has 2 aliphatic heterocycles. The number of cyclic esters (lactones) is 1. The number of carbonyl (C=O) groups is 4. The molecule has 3 N–H and O–H groups in total. The van der Waals surface area contributed by atoms with E-state index in [4.69, 9.17) is 14.2 Å². The van der Waals surface area contributed by atoms with Crippen molar-refractivity contribution >= 4 is 23.9 Å². The lowest BCUT2D eigenvalue weighted by Crippen LogP contribution is -2.56. The van der Waals surface area contributed by atoms with E-state index in [1.165, 1.54) is 24.3 Å². The monoisotopic (exact) mass is 625 g/mol. The van der Waals surface area contributed by atoms with E-state index >= 15 is 0 Å². The van der Waals surface area contributed by atoms with Crippen LogP contribution in [0, 0.1) is 17.7 Å². The maximum atomic E-state index is 13.7. The Morgan fingerprint density at radius 1 is 0.889 bits per heavy atom. The summed E-state index contributed by atoms with van der Waals surface area (Å²) in [5.41, 5.74) is 1.40. The molecule has 45 heavy (non-hydrogen) atoms. The van der Waals surface area contributed by atoms with Gasteiger partial charge in [-0.15, -0.1) is 0 Å². The van der Waals surface area contributed by atoms with Crippen LogP contribution >= 0.6 is 0 Å². The van der Waals surface area contributed by atoms with E-state index in [9.17, 15) is 23.6 Å². The van der Waals surface area contributed by atoms with E-state index in [0.29, 0.717) is 44.5 Å². The lowest BCUT2D eigenvalue weighted by atomic mass is 9.93. The fourth-order valence-corrected chi connectivity index (χ4v) is 5.71. The van der Waals surface area contributed by atoms with Crippen LogP contribution in [0.2, 0.25) is 0 Å². The first-order valence-corrected chi connectivity index (χ1v) is 15.8. The molecule has 2 aliphatic rings. The molecule has 0 radical (unpaired) electrons. The Morgan fingerprint density at radius 2 is 1.62 bits per heavy atom. The Balaban J connectivity index is 1.45. The predicted molar refractivity (Wildman–Crippen MR) is 164 cm³/mol. The number of carbonyl (C=O) groups excluding carboxylic acids is 4. The smallest absolute Gasteiger partial charge is 0.408 e. The van der Waals surface area contributed by atoms with Crippen LogP contribution in [0.3, 0.4) is 0 Å². The minimum atomic E-state index is -1.10. The van der Waals surface area contributed by atoms with Crippen LogP contribution in [0.5, 0.6) is 0 Å². The second-order valence-corrected chi connectivity index (χ2v) is 12.2. The zero-order valence-corrected chi connectivity index (χ0v) is 26.0. The van der Waals surface area contributed by atoms with Crippen molar-refractivity contribution in [1.82, 2.24) is 16.0 Å². The van der Waals surface area contributed by atoms with Gasteiger partial charge in [0.1, 0.15) is 24.5 Å². The highest BCUT2D eigenvalue weighted by molar-refractivity contribution is 5.91. The normalized spacial score (nSPS) is 19.8. The van der Waals surface area contributed by atoms with Crippen LogP contribution in [0.1, 0.15) is 63.5 Å². The number of halogens is 1. The highest BCUT2D eigenvalue weighted by atomic mass is 19.1. The van der Waals surface area contributed by atoms with Gasteiger partial charge in [-0.3, -0.25) is 14.4 Å². The highest BCUT2D eigenvalue weighted by Gasteiger charge is 2.34. The minimum absolute atomic E-state index is 0.0105. The van der Waals surface area contributed by atoms with Crippen molar-refractivity contribution in [2.45, 2.75) is 89.6 Å². The van der Waals surface area contributed by atoms with E-state index in [0.717, 1.165) is 18.4 Å². The number of ether oxygens (including phenoxy) is 3. The van der Waals surface area contributed by atoms with Crippen LogP contribution in [-0.4, -0.2) is 61.3 Å². The van der Waals surface area contributed by atoms with Gasteiger partial charge < -0.3 is 30.2 Å². The van der Waals surface area contributed by atoms with Crippen molar-refractivity contribution in [1.29, 1.82) is 0 Å². The quantitative estimate of drug-likeness (QED) is 0.253. The average Bonchev–Trinajstić information content (AvgIpc) is 3.68. The molecular formula is C34H44FN3O7. The summed E-state index contributed by atoms with van der Waals surface area (Å²) < 4.78 is 29.9. The Kier molecular flexibility index (Phi) is 12.7. The number of nitrogens with one attached hydrogen (secondary N) is 3. The average molecular weight is 626 g/mol. The molecule has 0 unspecified atom stereocenters. The van der Waals surface area contributed by atoms with E-state index in [1.807, 2.05) is 44.2 Å². The zero-order valence-electron chi connectivity index (χ0n) is 26.0. The van der Waals surface area contributed by atoms with Crippen molar-refractivity contribution in [3.63, 3.8) is 0 Å². The van der Waals surface area contributed by atoms with Gasteiger partial charge in [-0.25, -0.2) is 9.18 Å². The summed E-state index contributed by atoms with van der Waals surface area (Å²) in [4.78, 5) is 52.4. The number of esters is 1. The third kappa shape index (κ3) is 11.1. The van der Waals surface area contributed by atoms with Crippen molar-refractivity contribution in [2.75, 3.05) is 13.2 Å². The fraction of sp³-hybridized carbons (Fsp3) is 0.529. The van der Waals surface area contributed by atoms with Crippen molar-refractivity contribution in [3.05, 3.63) is 71.5 Å². The maximum absolute atomic E-state index is 13.7. The van der Waals surface area contributed by atoms with Crippen LogP contribution in [0.15, 0.2) is 54.6 Å². The van der Waals surface area contributed by atoms with Crippen molar-refractivity contribution in [3.8, 4) is 0 Å². The summed E-state index contributed by atoms with van der Waals surface area (Å²) in [6.45, 7) is 4.93. The number of benzene rings is 2. The molecule has 0 bridgehead atoms. The number of rotatable bonds is 15. The lowest BCUT2D eigenvalue weighted by Gasteiger charge is -2.28. The number of alkyl carbamates (subject to hydrolysis) is 1. The van der Waals surface area contributed by atoms with Crippen molar-refractivity contribution < 1.29 is 37.8 Å². The zero-order chi connectivity index (χ0) is 32.2. The minimum Gasteiger partial charge on any atom is -0.465 e. The molecule has 2 saturated heterocycles. The molecule has 0 aromatic heterocycles. The summed E-state index contributed by atoms with van der Waals surface area (Å²) in [6, 6.07) is 12.4. The molecule has 3 amide bonds. The van der Waals surface area contributed by atoms with Crippen LogP contribution in [0.4, 0.5) is 9.18 Å². The second-order valence-electron chi connectivity index (χ2n) is 12.2. The summed E-state index contributed by atoms with van der Waals surface area (Å²) in [6.07, 6.45) is 2.98. The van der Waals surface area contributed by atoms with E-state index < -0.39 is 29.9 Å². The van der Waals surface area contributed by atoms with Crippen molar-refractivity contribution in [2.24, 2.45) is 11.8 Å². The van der Waals surface area contributed by atoms with E-state index in [1.54, 1.807) is 0 Å². The maximum Gasteiger partial charge on any atom is 0.408 e. The summed E-state index contributed by atoms with van der Waals surface area (Å²) in [5.74, 6) is -1.89. The molecule has 4 rings (SSSR count). The summed E-state index contributed by atoms with van der Waals surface area (Å²) in [5, 5.41) is 8.55. The molecule has 2 heterocycles. The first-order valence-electron chi connectivity index (χ1n) is 15.8. The van der Waals surface area contributed by atoms with Crippen LogP contribution in [0.25, 0.3) is 0 Å². The van der Waals surface area contributed by atoms with Gasteiger partial charge in [0.05, 0.1) is 18.6 Å². The molecule has 10 nitrogen and oxygen atoms in total. The van der Waals surface area contributed by atoms with Gasteiger partial charge in [-0.2, -0.15) is 0 Å². The summed E-state index contributed by atoms with van der Waals surface area (Å²) in [7, 11) is 0. The molecule has 2 aromatic carbocycles. The molecular weight excluding hydrogens is 581 g/mol. The van der Waals surface area contributed by atoms with Gasteiger partial charge in [-0.05, 0) is 67.7 Å². The van der Waals surface area contributed by atoms with E-state index in [2.05, 4.69) is 16.0 Å². The molecule has 11 heteroatoms. The Bertz CT molecular complexity index is 1270. The SMILES string of the molecule is CC(C)C[C@H](NC(=O)[C@H](Cc1ccc(F)cc1)NC(=O)OCc1ccccc1)C(=O)N[C@@H](C[C@@H]1CCCO1)C[C@@H]1CCOC1=O.